The largest absolute Gasteiger partial charge is 0.457 e. The molecule has 2 N–H and O–H groups in total. The number of hydrogen-bond donors (Lipinski definition) is 2. The van der Waals surface area contributed by atoms with Gasteiger partial charge in [0, 0.05) is 22.3 Å². The number of fused-ring (bicyclic) bond motifs is 1. The molecule has 5 nitrogen and oxygen atoms in total. The minimum atomic E-state index is -0.706. The van der Waals surface area contributed by atoms with E-state index in [1.54, 1.807) is 48.7 Å². The van der Waals surface area contributed by atoms with Gasteiger partial charge in [-0.05, 0) is 67.1 Å². The Morgan fingerprint density at radius 2 is 1.90 bits per heavy atom. The number of carbonyl (C=O) groups excluding carboxylic acids is 1. The van der Waals surface area contributed by atoms with Gasteiger partial charge < -0.3 is 15.1 Å². The molecule has 0 radical (unpaired) electrons. The molecule has 1 atom stereocenters. The maximum Gasteiger partial charge on any atom is 0.271 e. The number of hydrogen-bond acceptors (Lipinski definition) is 4. The molecule has 0 aliphatic carbocycles. The van der Waals surface area contributed by atoms with Crippen molar-refractivity contribution in [2.75, 3.05) is 5.32 Å². The summed E-state index contributed by atoms with van der Waals surface area (Å²) in [6, 6.07) is 16.5. The van der Waals surface area contributed by atoms with Crippen molar-refractivity contribution in [3.05, 3.63) is 94.7 Å². The van der Waals surface area contributed by atoms with Crippen molar-refractivity contribution in [2.24, 2.45) is 0 Å². The van der Waals surface area contributed by atoms with Crippen molar-refractivity contribution in [2.45, 2.75) is 13.1 Å². The molecule has 4 rings (SSSR count). The lowest BCUT2D eigenvalue weighted by atomic mass is 10.2. The first-order valence-corrected chi connectivity index (χ1v) is 9.30. The van der Waals surface area contributed by atoms with Crippen LogP contribution in [0.5, 0.6) is 0 Å². The number of pyridine rings is 1. The quantitative estimate of drug-likeness (QED) is 0.429. The molecule has 7 heteroatoms. The lowest BCUT2D eigenvalue weighted by Gasteiger charge is -2.19. The number of benzene rings is 2. The Balaban J connectivity index is 1.66. The second-order valence-electron chi connectivity index (χ2n) is 6.61. The highest BCUT2D eigenvalue weighted by Gasteiger charge is 2.20. The van der Waals surface area contributed by atoms with Crippen molar-refractivity contribution in [3.63, 3.8) is 0 Å². The van der Waals surface area contributed by atoms with Gasteiger partial charge in [-0.2, -0.15) is 0 Å². The lowest BCUT2D eigenvalue weighted by Crippen LogP contribution is -2.33. The maximum absolute atomic E-state index is 13.5. The number of rotatable bonds is 5. The molecule has 0 saturated heterocycles. The van der Waals surface area contributed by atoms with Crippen LogP contribution < -0.4 is 10.6 Å². The monoisotopic (exact) mass is 409 g/mol. The van der Waals surface area contributed by atoms with Crippen LogP contribution in [0.1, 0.15) is 28.0 Å². The number of aromatic nitrogens is 1. The third-order valence-corrected chi connectivity index (χ3v) is 4.61. The average Bonchev–Trinajstić information content (AvgIpc) is 3.12. The molecule has 29 heavy (non-hydrogen) atoms. The molecular weight excluding hydrogens is 393 g/mol. The van der Waals surface area contributed by atoms with E-state index in [0.717, 1.165) is 11.3 Å². The van der Waals surface area contributed by atoms with Crippen LogP contribution in [0.4, 0.5) is 10.1 Å². The van der Waals surface area contributed by atoms with Gasteiger partial charge in [0.05, 0.1) is 0 Å². The van der Waals surface area contributed by atoms with Crippen LogP contribution >= 0.6 is 11.6 Å². The Hall–Kier alpha value is -3.38. The Bertz CT molecular complexity index is 1160. The molecule has 2 aromatic heterocycles. The van der Waals surface area contributed by atoms with Crippen LogP contribution in [0.2, 0.25) is 5.02 Å². The Morgan fingerprint density at radius 3 is 2.62 bits per heavy atom. The molecule has 4 aromatic rings. The summed E-state index contributed by atoms with van der Waals surface area (Å²) >= 11 is 5.95. The normalized spacial score (nSPS) is 12.0. The minimum Gasteiger partial charge on any atom is -0.457 e. The highest BCUT2D eigenvalue weighted by Crippen LogP contribution is 2.26. The van der Waals surface area contributed by atoms with E-state index in [2.05, 4.69) is 15.6 Å². The van der Waals surface area contributed by atoms with Gasteiger partial charge in [0.1, 0.15) is 22.9 Å². The Morgan fingerprint density at radius 1 is 1.10 bits per heavy atom. The van der Waals surface area contributed by atoms with Crippen LogP contribution in [0.15, 0.2) is 71.3 Å². The Kier molecular flexibility index (Phi) is 5.18. The summed E-state index contributed by atoms with van der Waals surface area (Å²) in [6.07, 6.45) is 0.919. The maximum atomic E-state index is 13.5. The molecule has 1 amide bonds. The van der Waals surface area contributed by atoms with Crippen molar-refractivity contribution in [1.29, 1.82) is 0 Å². The molecule has 0 aliphatic heterocycles. The first-order valence-electron chi connectivity index (χ1n) is 8.92. The molecule has 1 unspecified atom stereocenters. The highest BCUT2D eigenvalue weighted by atomic mass is 35.5. The summed E-state index contributed by atoms with van der Waals surface area (Å²) in [4.78, 5) is 16.9. The van der Waals surface area contributed by atoms with E-state index < -0.39 is 6.17 Å². The molecule has 0 aliphatic rings. The van der Waals surface area contributed by atoms with Gasteiger partial charge in [-0.3, -0.25) is 9.78 Å². The van der Waals surface area contributed by atoms with E-state index in [-0.39, 0.29) is 17.4 Å². The van der Waals surface area contributed by atoms with E-state index in [1.165, 1.54) is 12.1 Å². The molecule has 0 bridgehead atoms. The van der Waals surface area contributed by atoms with Crippen LogP contribution in [0, 0.1) is 12.7 Å². The SMILES string of the molecule is Cc1ccc(C(=O)NC(Nc2ccc(Cl)cc2)c2cc3cc(F)ccc3o2)nc1. The predicted molar refractivity (Wildman–Crippen MR) is 110 cm³/mol. The van der Waals surface area contributed by atoms with Crippen LogP contribution in [0.3, 0.4) is 0 Å². The number of carbonyl (C=O) groups is 1. The fourth-order valence-electron chi connectivity index (χ4n) is 2.88. The van der Waals surface area contributed by atoms with E-state index in [0.29, 0.717) is 21.8 Å². The van der Waals surface area contributed by atoms with Crippen LogP contribution in [-0.2, 0) is 0 Å². The van der Waals surface area contributed by atoms with Crippen molar-refractivity contribution in [3.8, 4) is 0 Å². The number of anilines is 1. The fourth-order valence-corrected chi connectivity index (χ4v) is 3.00. The lowest BCUT2D eigenvalue weighted by molar-refractivity contribution is 0.0932. The van der Waals surface area contributed by atoms with E-state index >= 15 is 0 Å². The van der Waals surface area contributed by atoms with E-state index in [1.807, 2.05) is 13.0 Å². The van der Waals surface area contributed by atoms with Crippen molar-refractivity contribution in [1.82, 2.24) is 10.3 Å². The first-order chi connectivity index (χ1) is 14.0. The van der Waals surface area contributed by atoms with Crippen molar-refractivity contribution < 1.29 is 13.6 Å². The average molecular weight is 410 g/mol. The Labute approximate surface area is 171 Å². The number of nitrogens with zero attached hydrogens (tertiary/aromatic N) is 1. The van der Waals surface area contributed by atoms with Gasteiger partial charge in [-0.25, -0.2) is 4.39 Å². The zero-order valence-corrected chi connectivity index (χ0v) is 16.2. The van der Waals surface area contributed by atoms with Crippen LogP contribution in [-0.4, -0.2) is 10.9 Å². The number of aryl methyl sites for hydroxylation is 1. The summed E-state index contributed by atoms with van der Waals surface area (Å²) in [5, 5.41) is 7.28. The smallest absolute Gasteiger partial charge is 0.271 e. The molecular formula is C22H17ClFN3O2. The topological polar surface area (TPSA) is 67.2 Å². The van der Waals surface area contributed by atoms with Gasteiger partial charge in [0.15, 0.2) is 6.17 Å². The zero-order valence-electron chi connectivity index (χ0n) is 15.4. The van der Waals surface area contributed by atoms with Gasteiger partial charge in [-0.15, -0.1) is 0 Å². The van der Waals surface area contributed by atoms with Crippen LogP contribution in [0.25, 0.3) is 11.0 Å². The second-order valence-corrected chi connectivity index (χ2v) is 7.05. The molecule has 2 heterocycles. The first kappa shape index (κ1) is 19.0. The van der Waals surface area contributed by atoms with E-state index in [4.69, 9.17) is 16.0 Å². The van der Waals surface area contributed by atoms with Gasteiger partial charge >= 0.3 is 0 Å². The zero-order chi connectivity index (χ0) is 20.4. The summed E-state index contributed by atoms with van der Waals surface area (Å²) in [6.45, 7) is 1.90. The van der Waals surface area contributed by atoms with Gasteiger partial charge in [0.25, 0.3) is 5.91 Å². The fraction of sp³-hybridized carbons (Fsp3) is 0.0909. The summed E-state index contributed by atoms with van der Waals surface area (Å²) in [5.74, 6) is -0.302. The molecule has 0 saturated carbocycles. The second kappa shape index (κ2) is 7.93. The number of halogens is 2. The number of furan rings is 1. The third kappa shape index (κ3) is 4.38. The van der Waals surface area contributed by atoms with Gasteiger partial charge in [-0.1, -0.05) is 17.7 Å². The number of nitrogens with one attached hydrogen (secondary N) is 2. The highest BCUT2D eigenvalue weighted by molar-refractivity contribution is 6.30. The minimum absolute atomic E-state index is 0.278. The van der Waals surface area contributed by atoms with Crippen molar-refractivity contribution >= 4 is 34.2 Å². The third-order valence-electron chi connectivity index (χ3n) is 4.36. The summed E-state index contributed by atoms with van der Waals surface area (Å²) in [7, 11) is 0. The molecule has 146 valence electrons. The molecule has 2 aromatic carbocycles. The summed E-state index contributed by atoms with van der Waals surface area (Å²) < 4.78 is 19.4. The van der Waals surface area contributed by atoms with E-state index in [9.17, 15) is 9.18 Å². The molecule has 0 fully saturated rings. The van der Waals surface area contributed by atoms with Gasteiger partial charge in [0.2, 0.25) is 0 Å². The summed E-state index contributed by atoms with van der Waals surface area (Å²) in [5.41, 5.74) is 2.48. The standard InChI is InChI=1S/C22H17ClFN3O2/c1-13-2-8-18(25-12-13)22(28)27-21(26-17-6-3-15(23)4-7-17)20-11-14-10-16(24)5-9-19(14)29-20/h2-12,21,26H,1H3,(H,27,28). The number of amides is 1. The molecule has 0 spiro atoms. The predicted octanol–water partition coefficient (Wildman–Crippen LogP) is 5.47.